The molecule has 0 radical (unpaired) electrons. The van der Waals surface area contributed by atoms with Gasteiger partial charge in [0.25, 0.3) is 0 Å². The second-order valence-electron chi connectivity index (χ2n) is 18.0. The molecule has 5 fully saturated rings. The van der Waals surface area contributed by atoms with Crippen molar-refractivity contribution in [3.05, 3.63) is 11.6 Å². The smallest absolute Gasteiger partial charge is 0.392 e. The zero-order valence-electron chi connectivity index (χ0n) is 30.2. The minimum atomic E-state index is -4.14. The lowest BCUT2D eigenvalue weighted by Crippen LogP contribution is -2.40. The molecule has 1 nitrogen and oxygen atoms in total. The Kier molecular flexibility index (Phi) is 13.5. The van der Waals surface area contributed by atoms with Crippen LogP contribution in [-0.4, -0.2) is 17.4 Å². The first-order valence-corrected chi connectivity index (χ1v) is 20.5. The van der Waals surface area contributed by atoms with E-state index in [9.17, 15) is 18.3 Å². The molecule has 0 bridgehead atoms. The van der Waals surface area contributed by atoms with Crippen LogP contribution in [0.25, 0.3) is 0 Å². The molecule has 12 unspecified atom stereocenters. The Bertz CT molecular complexity index is 932. The zero-order valence-corrected chi connectivity index (χ0v) is 30.2. The second-order valence-corrected chi connectivity index (χ2v) is 18.0. The van der Waals surface area contributed by atoms with E-state index < -0.39 is 18.2 Å². The maximum absolute atomic E-state index is 14.5. The third kappa shape index (κ3) is 9.59. The Labute approximate surface area is 281 Å². The molecule has 12 atom stereocenters. The Morgan fingerprint density at radius 2 is 1.57 bits per heavy atom. The van der Waals surface area contributed by atoms with E-state index in [1.807, 2.05) is 0 Å². The molecule has 1 N–H and O–H groups in total. The SMILES string of the molecule is CCCCC(C)CC1CCC(=CCC2CCC(CC(O)C3CCC(C)C(C4C(C)CC5CCCCCC54)C3)CC2C(F)(F)F)CC1. The summed E-state index contributed by atoms with van der Waals surface area (Å²) in [5, 5.41) is 11.6. The molecule has 0 aromatic heterocycles. The lowest BCUT2D eigenvalue weighted by Gasteiger charge is -2.44. The molecule has 0 saturated heterocycles. The number of hydrogen-bond donors (Lipinski definition) is 1. The molecular formula is C42H71F3O. The fraction of sp³-hybridized carbons (Fsp3) is 0.952. The number of aliphatic hydroxyl groups excluding tert-OH is 1. The van der Waals surface area contributed by atoms with Crippen LogP contribution in [0.1, 0.15) is 169 Å². The summed E-state index contributed by atoms with van der Waals surface area (Å²) >= 11 is 0. The molecule has 46 heavy (non-hydrogen) atoms. The van der Waals surface area contributed by atoms with E-state index in [0.717, 1.165) is 67.6 Å². The number of allylic oxidation sites excluding steroid dienone is 2. The number of halogens is 3. The molecule has 0 amide bonds. The van der Waals surface area contributed by atoms with Crippen LogP contribution in [0.2, 0.25) is 0 Å². The van der Waals surface area contributed by atoms with Gasteiger partial charge in [-0.3, -0.25) is 0 Å². The first-order valence-electron chi connectivity index (χ1n) is 20.5. The van der Waals surface area contributed by atoms with Crippen molar-refractivity contribution >= 4 is 0 Å². The normalized spacial score (nSPS) is 40.6. The number of rotatable bonds is 11. The van der Waals surface area contributed by atoms with E-state index in [0.29, 0.717) is 31.1 Å². The van der Waals surface area contributed by atoms with Gasteiger partial charge >= 0.3 is 6.18 Å². The standard InChI is InChI=1S/C42H71F3O/c1-5-6-10-28(2)23-32-16-14-31(15-17-32)18-21-34-22-19-33(25-39(34)42(43,44)45)26-40(46)36-20-13-29(3)38(27-36)41-30(4)24-35-11-8-7-9-12-37(35)41/h18,28-30,32-41,46H,5-17,19-27H2,1-4H3. The fourth-order valence-corrected chi connectivity index (χ4v) is 12.1. The lowest BCUT2D eigenvalue weighted by molar-refractivity contribution is -0.201. The van der Waals surface area contributed by atoms with Crippen molar-refractivity contribution in [2.24, 2.45) is 71.0 Å². The van der Waals surface area contributed by atoms with Crippen molar-refractivity contribution in [3.8, 4) is 0 Å². The van der Waals surface area contributed by atoms with Crippen LogP contribution in [0.15, 0.2) is 11.6 Å². The minimum absolute atomic E-state index is 0.00473. The molecule has 4 heteroatoms. The molecular weight excluding hydrogens is 577 g/mol. The predicted octanol–water partition coefficient (Wildman–Crippen LogP) is 13.0. The number of unbranched alkanes of at least 4 members (excludes halogenated alkanes) is 1. The summed E-state index contributed by atoms with van der Waals surface area (Å²) in [6.45, 7) is 9.61. The monoisotopic (exact) mass is 649 g/mol. The molecule has 0 heterocycles. The van der Waals surface area contributed by atoms with E-state index in [1.54, 1.807) is 0 Å². The van der Waals surface area contributed by atoms with E-state index in [1.165, 1.54) is 89.0 Å². The average Bonchev–Trinajstić information content (AvgIpc) is 3.16. The van der Waals surface area contributed by atoms with Crippen LogP contribution < -0.4 is 0 Å². The molecule has 0 aromatic carbocycles. The highest BCUT2D eigenvalue weighted by molar-refractivity contribution is 5.07. The number of fused-ring (bicyclic) bond motifs is 1. The minimum Gasteiger partial charge on any atom is -0.393 e. The first kappa shape index (κ1) is 36.8. The summed E-state index contributed by atoms with van der Waals surface area (Å²) in [5.41, 5.74) is 1.42. The van der Waals surface area contributed by atoms with Gasteiger partial charge in [-0.25, -0.2) is 0 Å². The van der Waals surface area contributed by atoms with Crippen molar-refractivity contribution in [3.63, 3.8) is 0 Å². The van der Waals surface area contributed by atoms with Crippen LogP contribution in [-0.2, 0) is 0 Å². The Balaban J connectivity index is 1.12. The molecule has 5 saturated carbocycles. The summed E-state index contributed by atoms with van der Waals surface area (Å²) in [7, 11) is 0. The van der Waals surface area contributed by atoms with Gasteiger partial charge in [0.15, 0.2) is 0 Å². The summed E-state index contributed by atoms with van der Waals surface area (Å²) in [6, 6.07) is 0. The largest absolute Gasteiger partial charge is 0.393 e. The van der Waals surface area contributed by atoms with Crippen LogP contribution in [0.5, 0.6) is 0 Å². The summed E-state index contributed by atoms with van der Waals surface area (Å²) in [4.78, 5) is 0. The van der Waals surface area contributed by atoms with Gasteiger partial charge in [0.1, 0.15) is 0 Å². The molecule has 0 aliphatic heterocycles. The average molecular weight is 649 g/mol. The van der Waals surface area contributed by atoms with E-state index in [-0.39, 0.29) is 24.2 Å². The number of hydrogen-bond acceptors (Lipinski definition) is 1. The second kappa shape index (κ2) is 16.9. The van der Waals surface area contributed by atoms with Gasteiger partial charge in [-0.15, -0.1) is 0 Å². The third-order valence-electron chi connectivity index (χ3n) is 14.7. The summed E-state index contributed by atoms with van der Waals surface area (Å²) in [5.74, 6) is 5.11. The molecule has 5 aliphatic carbocycles. The maximum Gasteiger partial charge on any atom is 0.392 e. The fourth-order valence-electron chi connectivity index (χ4n) is 12.1. The van der Waals surface area contributed by atoms with Crippen molar-refractivity contribution in [2.45, 2.75) is 181 Å². The maximum atomic E-state index is 14.5. The van der Waals surface area contributed by atoms with E-state index in [2.05, 4.69) is 33.8 Å². The highest BCUT2D eigenvalue weighted by Crippen LogP contribution is 2.56. The Morgan fingerprint density at radius 1 is 0.804 bits per heavy atom. The number of aliphatic hydroxyl groups is 1. The van der Waals surface area contributed by atoms with Crippen LogP contribution >= 0.6 is 0 Å². The first-order chi connectivity index (χ1) is 22.0. The van der Waals surface area contributed by atoms with Crippen molar-refractivity contribution in [2.75, 3.05) is 0 Å². The molecule has 0 spiro atoms. The van der Waals surface area contributed by atoms with Crippen LogP contribution in [0.4, 0.5) is 13.2 Å². The van der Waals surface area contributed by atoms with Gasteiger partial charge < -0.3 is 5.11 Å². The topological polar surface area (TPSA) is 20.2 Å². The Morgan fingerprint density at radius 3 is 2.30 bits per heavy atom. The highest BCUT2D eigenvalue weighted by Gasteiger charge is 2.50. The van der Waals surface area contributed by atoms with Crippen LogP contribution in [0.3, 0.4) is 0 Å². The lowest BCUT2D eigenvalue weighted by atomic mass is 9.62. The van der Waals surface area contributed by atoms with Gasteiger partial charge in [-0.2, -0.15) is 13.2 Å². The molecule has 5 rings (SSSR count). The quantitative estimate of drug-likeness (QED) is 0.221. The molecule has 5 aliphatic rings. The molecule has 266 valence electrons. The predicted molar refractivity (Wildman–Crippen MR) is 186 cm³/mol. The van der Waals surface area contributed by atoms with Crippen molar-refractivity contribution in [1.82, 2.24) is 0 Å². The zero-order chi connectivity index (χ0) is 32.8. The van der Waals surface area contributed by atoms with Gasteiger partial charge in [0.2, 0.25) is 0 Å². The van der Waals surface area contributed by atoms with Gasteiger partial charge in [0, 0.05) is 0 Å². The van der Waals surface area contributed by atoms with Gasteiger partial charge in [-0.1, -0.05) is 97.1 Å². The molecule has 0 aromatic rings. The highest BCUT2D eigenvalue weighted by atomic mass is 19.4. The van der Waals surface area contributed by atoms with Crippen LogP contribution in [0, 0.1) is 71.0 Å². The summed E-state index contributed by atoms with van der Waals surface area (Å²) in [6.07, 6.45) is 22.1. The van der Waals surface area contributed by atoms with E-state index in [4.69, 9.17) is 0 Å². The van der Waals surface area contributed by atoms with Gasteiger partial charge in [0.05, 0.1) is 12.0 Å². The van der Waals surface area contributed by atoms with E-state index >= 15 is 0 Å². The number of alkyl halides is 3. The Hall–Kier alpha value is -0.510. The third-order valence-corrected chi connectivity index (χ3v) is 14.7. The van der Waals surface area contributed by atoms with Crippen molar-refractivity contribution in [1.29, 1.82) is 0 Å². The van der Waals surface area contributed by atoms with Gasteiger partial charge in [-0.05, 0) is 149 Å². The summed E-state index contributed by atoms with van der Waals surface area (Å²) < 4.78 is 43.4. The van der Waals surface area contributed by atoms with Crippen molar-refractivity contribution < 1.29 is 18.3 Å².